The molecule has 0 unspecified atom stereocenters. The van der Waals surface area contributed by atoms with Gasteiger partial charge in [0.1, 0.15) is 11.5 Å². The van der Waals surface area contributed by atoms with Crippen LogP contribution in [0, 0.1) is 6.92 Å². The molecule has 0 aliphatic carbocycles. The number of nitrogens with one attached hydrogen (secondary N) is 1. The van der Waals surface area contributed by atoms with Crippen molar-refractivity contribution >= 4 is 38.4 Å². The summed E-state index contributed by atoms with van der Waals surface area (Å²) in [6.07, 6.45) is 0. The van der Waals surface area contributed by atoms with Gasteiger partial charge in [-0.2, -0.15) is 5.10 Å². The molecule has 2 aromatic heterocycles. The van der Waals surface area contributed by atoms with E-state index in [1.165, 1.54) is 7.05 Å². The molecule has 130 valence electrons. The minimum absolute atomic E-state index is 0.0540. The van der Waals surface area contributed by atoms with Crippen LogP contribution in [0.25, 0.3) is 10.9 Å². The Balaban J connectivity index is 2.07. The number of carbonyl (C=O) groups is 1. The average Bonchev–Trinajstić information content (AvgIpc) is 2.95. The number of hydrogen-bond donors (Lipinski definition) is 1. The van der Waals surface area contributed by atoms with Gasteiger partial charge < -0.3 is 14.6 Å². The number of carbonyl (C=O) groups excluding carboxylic acids is 1. The van der Waals surface area contributed by atoms with Gasteiger partial charge in [0.2, 0.25) is 0 Å². The molecule has 0 bridgehead atoms. The lowest BCUT2D eigenvalue weighted by Gasteiger charge is -2.12. The normalized spacial score (nSPS) is 10.9. The van der Waals surface area contributed by atoms with Crippen LogP contribution >= 0.6 is 15.9 Å². The summed E-state index contributed by atoms with van der Waals surface area (Å²) in [4.78, 5) is 24.9. The molecule has 25 heavy (non-hydrogen) atoms. The van der Waals surface area contributed by atoms with Crippen molar-refractivity contribution in [2.45, 2.75) is 13.8 Å². The number of halogens is 1. The molecule has 1 aromatic carbocycles. The standard InChI is InChI=1S/C16H15BrN4O4/c1-4-24-11-6-5-9(17)7-10(11)18-15(22)13-12-8(2)25-20-14(12)16(23)21(3)19-13/h5-7H,4H2,1-3H3,(H,18,22). The summed E-state index contributed by atoms with van der Waals surface area (Å²) < 4.78 is 12.4. The van der Waals surface area contributed by atoms with Crippen molar-refractivity contribution in [3.8, 4) is 5.75 Å². The Morgan fingerprint density at radius 2 is 2.20 bits per heavy atom. The van der Waals surface area contributed by atoms with Crippen molar-refractivity contribution in [2.75, 3.05) is 11.9 Å². The fraction of sp³-hybridized carbons (Fsp3) is 0.250. The van der Waals surface area contributed by atoms with Gasteiger partial charge in [-0.05, 0) is 32.0 Å². The molecule has 0 radical (unpaired) electrons. The second kappa shape index (κ2) is 6.67. The molecule has 9 heteroatoms. The monoisotopic (exact) mass is 406 g/mol. The third-order valence-electron chi connectivity index (χ3n) is 3.55. The zero-order valence-electron chi connectivity index (χ0n) is 13.8. The van der Waals surface area contributed by atoms with E-state index in [4.69, 9.17) is 9.26 Å². The lowest BCUT2D eigenvalue weighted by molar-refractivity contribution is 0.102. The lowest BCUT2D eigenvalue weighted by atomic mass is 10.2. The van der Waals surface area contributed by atoms with E-state index in [0.29, 0.717) is 29.2 Å². The number of fused-ring (bicyclic) bond motifs is 1. The van der Waals surface area contributed by atoms with Gasteiger partial charge in [0.15, 0.2) is 11.2 Å². The van der Waals surface area contributed by atoms with Gasteiger partial charge in [0.25, 0.3) is 11.5 Å². The average molecular weight is 407 g/mol. The quantitative estimate of drug-likeness (QED) is 0.714. The van der Waals surface area contributed by atoms with Crippen molar-refractivity contribution in [2.24, 2.45) is 7.05 Å². The summed E-state index contributed by atoms with van der Waals surface area (Å²) >= 11 is 3.37. The minimum Gasteiger partial charge on any atom is -0.492 e. The molecule has 0 saturated carbocycles. The number of rotatable bonds is 4. The minimum atomic E-state index is -0.494. The molecule has 0 aliphatic rings. The highest BCUT2D eigenvalue weighted by atomic mass is 79.9. The van der Waals surface area contributed by atoms with Crippen molar-refractivity contribution < 1.29 is 14.1 Å². The zero-order chi connectivity index (χ0) is 18.1. The number of anilines is 1. The first kappa shape index (κ1) is 17.2. The van der Waals surface area contributed by atoms with E-state index in [1.807, 2.05) is 13.0 Å². The highest BCUT2D eigenvalue weighted by Gasteiger charge is 2.22. The topological polar surface area (TPSA) is 99.2 Å². The first-order valence-corrected chi connectivity index (χ1v) is 8.28. The van der Waals surface area contributed by atoms with Gasteiger partial charge in [0, 0.05) is 11.5 Å². The second-order valence-corrected chi connectivity index (χ2v) is 6.18. The molecule has 0 fully saturated rings. The Hall–Kier alpha value is -2.68. The van der Waals surface area contributed by atoms with E-state index in [0.717, 1.165) is 9.15 Å². The van der Waals surface area contributed by atoms with Gasteiger partial charge in [-0.25, -0.2) is 4.68 Å². The van der Waals surface area contributed by atoms with Crippen LogP contribution in [-0.2, 0) is 7.05 Å². The molecule has 3 aromatic rings. The fourth-order valence-electron chi connectivity index (χ4n) is 2.42. The van der Waals surface area contributed by atoms with Gasteiger partial charge in [-0.1, -0.05) is 21.1 Å². The molecule has 0 saturated heterocycles. The van der Waals surface area contributed by atoms with Crippen LogP contribution in [0.5, 0.6) is 5.75 Å². The molecule has 3 rings (SSSR count). The molecule has 0 spiro atoms. The highest BCUT2D eigenvalue weighted by Crippen LogP contribution is 2.29. The smallest absolute Gasteiger partial charge is 0.296 e. The molecule has 1 N–H and O–H groups in total. The van der Waals surface area contributed by atoms with Gasteiger partial charge >= 0.3 is 0 Å². The Morgan fingerprint density at radius 3 is 2.92 bits per heavy atom. The van der Waals surface area contributed by atoms with E-state index in [1.54, 1.807) is 19.1 Å². The van der Waals surface area contributed by atoms with Crippen LogP contribution < -0.4 is 15.6 Å². The maximum absolute atomic E-state index is 12.8. The van der Waals surface area contributed by atoms with Gasteiger partial charge in [-0.15, -0.1) is 0 Å². The number of ether oxygens (including phenoxy) is 1. The van der Waals surface area contributed by atoms with Crippen molar-refractivity contribution in [3.63, 3.8) is 0 Å². The fourth-order valence-corrected chi connectivity index (χ4v) is 2.78. The number of amides is 1. The van der Waals surface area contributed by atoms with Gasteiger partial charge in [0.05, 0.1) is 17.7 Å². The summed E-state index contributed by atoms with van der Waals surface area (Å²) in [6, 6.07) is 5.29. The SMILES string of the molecule is CCOc1ccc(Br)cc1NC(=O)c1nn(C)c(=O)c2noc(C)c12. The Morgan fingerprint density at radius 1 is 1.44 bits per heavy atom. The second-order valence-electron chi connectivity index (χ2n) is 5.27. The summed E-state index contributed by atoms with van der Waals surface area (Å²) in [5, 5.41) is 10.9. The van der Waals surface area contributed by atoms with Crippen molar-refractivity contribution in [1.29, 1.82) is 0 Å². The predicted molar refractivity (Wildman–Crippen MR) is 95.0 cm³/mol. The largest absolute Gasteiger partial charge is 0.492 e. The number of aromatic nitrogens is 3. The van der Waals surface area contributed by atoms with Crippen molar-refractivity contribution in [1.82, 2.24) is 14.9 Å². The van der Waals surface area contributed by atoms with Crippen LogP contribution in [0.4, 0.5) is 5.69 Å². The Bertz CT molecular complexity index is 1020. The predicted octanol–water partition coefficient (Wildman–Crippen LogP) is 2.64. The molecule has 2 heterocycles. The number of aryl methyl sites for hydroxylation is 2. The highest BCUT2D eigenvalue weighted by molar-refractivity contribution is 9.10. The molecule has 0 aliphatic heterocycles. The summed E-state index contributed by atoms with van der Waals surface area (Å²) in [5.74, 6) is 0.387. The molecule has 0 atom stereocenters. The van der Waals surface area contributed by atoms with Crippen molar-refractivity contribution in [3.05, 3.63) is 44.5 Å². The summed E-state index contributed by atoms with van der Waals surface area (Å²) in [7, 11) is 1.45. The zero-order valence-corrected chi connectivity index (χ0v) is 15.4. The number of nitrogens with zero attached hydrogens (tertiary/aromatic N) is 3. The Kier molecular flexibility index (Phi) is 4.58. The third kappa shape index (κ3) is 3.14. The lowest BCUT2D eigenvalue weighted by Crippen LogP contribution is -2.25. The number of benzene rings is 1. The first-order chi connectivity index (χ1) is 11.9. The third-order valence-corrected chi connectivity index (χ3v) is 4.04. The maximum Gasteiger partial charge on any atom is 0.296 e. The van der Waals surface area contributed by atoms with Crippen LogP contribution in [0.3, 0.4) is 0 Å². The molecule has 8 nitrogen and oxygen atoms in total. The molecular weight excluding hydrogens is 392 g/mol. The van der Waals surface area contributed by atoms with Crippen LogP contribution in [0.15, 0.2) is 32.0 Å². The van der Waals surface area contributed by atoms with E-state index in [9.17, 15) is 9.59 Å². The Labute approximate surface area is 150 Å². The van der Waals surface area contributed by atoms with E-state index >= 15 is 0 Å². The summed E-state index contributed by atoms with van der Waals surface area (Å²) in [5.41, 5.74) is 0.178. The summed E-state index contributed by atoms with van der Waals surface area (Å²) in [6.45, 7) is 3.93. The first-order valence-electron chi connectivity index (χ1n) is 7.49. The molecule has 1 amide bonds. The van der Waals surface area contributed by atoms with E-state index in [2.05, 4.69) is 31.5 Å². The van der Waals surface area contributed by atoms with Crippen LogP contribution in [-0.4, -0.2) is 27.5 Å². The van der Waals surface area contributed by atoms with Gasteiger partial charge in [-0.3, -0.25) is 9.59 Å². The van der Waals surface area contributed by atoms with E-state index in [-0.39, 0.29) is 11.2 Å². The van der Waals surface area contributed by atoms with Crippen LogP contribution in [0.2, 0.25) is 0 Å². The number of hydrogen-bond acceptors (Lipinski definition) is 6. The maximum atomic E-state index is 12.8. The van der Waals surface area contributed by atoms with E-state index < -0.39 is 11.5 Å². The van der Waals surface area contributed by atoms with Crippen LogP contribution in [0.1, 0.15) is 23.2 Å². The molecular formula is C16H15BrN4O4.